The maximum Gasteiger partial charge on any atom is 0.227 e. The van der Waals surface area contributed by atoms with Crippen molar-refractivity contribution < 1.29 is 9.15 Å². The first-order chi connectivity index (χ1) is 9.30. The Morgan fingerprint density at radius 3 is 2.58 bits per heavy atom. The van der Waals surface area contributed by atoms with Gasteiger partial charge in [-0.1, -0.05) is 0 Å². The second-order valence-corrected chi connectivity index (χ2v) is 4.18. The van der Waals surface area contributed by atoms with E-state index in [2.05, 4.69) is 10.3 Å². The molecule has 0 saturated carbocycles. The second-order valence-electron chi connectivity index (χ2n) is 4.18. The minimum atomic E-state index is 0.617. The zero-order valence-electron chi connectivity index (χ0n) is 10.8. The van der Waals surface area contributed by atoms with Crippen LogP contribution in [0.2, 0.25) is 0 Å². The number of aromatic nitrogens is 1. The summed E-state index contributed by atoms with van der Waals surface area (Å²) in [6.07, 6.45) is 0. The summed E-state index contributed by atoms with van der Waals surface area (Å²) in [5.74, 6) is 1.38. The first-order valence-electron chi connectivity index (χ1n) is 6.03. The van der Waals surface area contributed by atoms with Crippen LogP contribution in [0.4, 0.5) is 5.69 Å². The van der Waals surface area contributed by atoms with E-state index >= 15 is 0 Å². The maximum atomic E-state index is 5.76. The van der Waals surface area contributed by atoms with Crippen molar-refractivity contribution in [1.82, 2.24) is 4.98 Å². The van der Waals surface area contributed by atoms with Crippen LogP contribution in [0.15, 0.2) is 46.9 Å². The van der Waals surface area contributed by atoms with Crippen LogP contribution < -0.4 is 10.1 Å². The maximum absolute atomic E-state index is 5.76. The van der Waals surface area contributed by atoms with Gasteiger partial charge in [-0.05, 0) is 36.4 Å². The van der Waals surface area contributed by atoms with Crippen molar-refractivity contribution in [3.8, 4) is 17.2 Å². The fraction of sp³-hybridized carbons (Fsp3) is 0.133. The Bertz CT molecular complexity index is 702. The van der Waals surface area contributed by atoms with E-state index in [1.165, 1.54) is 0 Å². The van der Waals surface area contributed by atoms with Crippen molar-refractivity contribution in [1.29, 1.82) is 0 Å². The van der Waals surface area contributed by atoms with Crippen molar-refractivity contribution in [2.45, 2.75) is 0 Å². The van der Waals surface area contributed by atoms with Gasteiger partial charge in [0.1, 0.15) is 11.3 Å². The quantitative estimate of drug-likeness (QED) is 0.776. The molecule has 0 aliphatic heterocycles. The van der Waals surface area contributed by atoms with Crippen molar-refractivity contribution in [3.05, 3.63) is 42.5 Å². The number of anilines is 1. The molecule has 0 bridgehead atoms. The normalized spacial score (nSPS) is 10.6. The fourth-order valence-corrected chi connectivity index (χ4v) is 1.93. The third kappa shape index (κ3) is 2.12. The van der Waals surface area contributed by atoms with Gasteiger partial charge in [-0.25, -0.2) is 4.98 Å². The predicted octanol–water partition coefficient (Wildman–Crippen LogP) is 3.55. The van der Waals surface area contributed by atoms with Gasteiger partial charge in [0, 0.05) is 24.4 Å². The van der Waals surface area contributed by atoms with E-state index in [1.54, 1.807) is 7.11 Å². The predicted molar refractivity (Wildman–Crippen MR) is 75.5 cm³/mol. The first kappa shape index (κ1) is 11.6. The third-order valence-corrected chi connectivity index (χ3v) is 3.02. The molecule has 1 N–H and O–H groups in total. The molecule has 0 amide bonds. The van der Waals surface area contributed by atoms with Crippen LogP contribution in [0.25, 0.3) is 22.6 Å². The van der Waals surface area contributed by atoms with E-state index in [-0.39, 0.29) is 0 Å². The zero-order chi connectivity index (χ0) is 13.2. The van der Waals surface area contributed by atoms with Gasteiger partial charge < -0.3 is 14.5 Å². The van der Waals surface area contributed by atoms with Crippen molar-refractivity contribution in [2.24, 2.45) is 0 Å². The summed E-state index contributed by atoms with van der Waals surface area (Å²) in [6.45, 7) is 0. The minimum Gasteiger partial charge on any atom is -0.497 e. The van der Waals surface area contributed by atoms with E-state index in [1.807, 2.05) is 49.5 Å². The van der Waals surface area contributed by atoms with Crippen LogP contribution in [-0.4, -0.2) is 19.1 Å². The highest BCUT2D eigenvalue weighted by atomic mass is 16.5. The number of nitrogens with zero attached hydrogens (tertiary/aromatic N) is 1. The highest BCUT2D eigenvalue weighted by Crippen LogP contribution is 2.27. The summed E-state index contributed by atoms with van der Waals surface area (Å²) in [5.41, 5.74) is 3.57. The van der Waals surface area contributed by atoms with E-state index < -0.39 is 0 Å². The molecule has 0 atom stereocenters. The molecule has 0 spiro atoms. The molecule has 0 radical (unpaired) electrons. The van der Waals surface area contributed by atoms with Crippen molar-refractivity contribution >= 4 is 16.8 Å². The summed E-state index contributed by atoms with van der Waals surface area (Å²) < 4.78 is 10.9. The largest absolute Gasteiger partial charge is 0.497 e. The van der Waals surface area contributed by atoms with E-state index in [0.29, 0.717) is 5.89 Å². The Hall–Kier alpha value is -2.49. The number of ether oxygens (including phenoxy) is 1. The number of fused-ring (bicyclic) bond motifs is 1. The van der Waals surface area contributed by atoms with Crippen molar-refractivity contribution in [3.63, 3.8) is 0 Å². The molecule has 0 aliphatic carbocycles. The number of hydrogen-bond acceptors (Lipinski definition) is 4. The topological polar surface area (TPSA) is 47.3 Å². The van der Waals surface area contributed by atoms with Gasteiger partial charge in [0.05, 0.1) is 7.11 Å². The molecule has 0 saturated heterocycles. The Labute approximate surface area is 111 Å². The summed E-state index contributed by atoms with van der Waals surface area (Å²) in [4.78, 5) is 4.47. The molecule has 96 valence electrons. The van der Waals surface area contributed by atoms with Gasteiger partial charge >= 0.3 is 0 Å². The lowest BCUT2D eigenvalue weighted by atomic mass is 10.2. The van der Waals surface area contributed by atoms with Crippen molar-refractivity contribution in [2.75, 3.05) is 19.5 Å². The van der Waals surface area contributed by atoms with E-state index in [9.17, 15) is 0 Å². The van der Waals surface area contributed by atoms with Crippen LogP contribution in [0.3, 0.4) is 0 Å². The molecular formula is C15H14N2O2. The molecular weight excluding hydrogens is 240 g/mol. The van der Waals surface area contributed by atoms with Gasteiger partial charge in [0.2, 0.25) is 5.89 Å². The molecule has 0 fully saturated rings. The monoisotopic (exact) mass is 254 g/mol. The summed E-state index contributed by atoms with van der Waals surface area (Å²) in [7, 11) is 3.52. The molecule has 2 aromatic carbocycles. The molecule has 3 rings (SSSR count). The highest BCUT2D eigenvalue weighted by molar-refractivity contribution is 5.77. The van der Waals surface area contributed by atoms with E-state index in [4.69, 9.17) is 9.15 Å². The molecule has 1 heterocycles. The Balaban J connectivity index is 2.04. The molecule has 0 aliphatic rings. The highest BCUT2D eigenvalue weighted by Gasteiger charge is 2.08. The first-order valence-corrected chi connectivity index (χ1v) is 6.03. The number of oxazole rings is 1. The lowest BCUT2D eigenvalue weighted by molar-refractivity contribution is 0.414. The van der Waals surface area contributed by atoms with Crippen LogP contribution in [-0.2, 0) is 0 Å². The van der Waals surface area contributed by atoms with Gasteiger partial charge in [-0.2, -0.15) is 0 Å². The Morgan fingerprint density at radius 1 is 1.11 bits per heavy atom. The molecule has 3 aromatic rings. The lowest BCUT2D eigenvalue weighted by Crippen LogP contribution is -1.86. The third-order valence-electron chi connectivity index (χ3n) is 3.02. The molecule has 4 heteroatoms. The van der Waals surface area contributed by atoms with Gasteiger partial charge in [0.25, 0.3) is 0 Å². The Morgan fingerprint density at radius 2 is 1.89 bits per heavy atom. The molecule has 1 aromatic heterocycles. The SMILES string of the molecule is CNc1ccc(-c2nc3ccc(OC)cc3o2)cc1. The minimum absolute atomic E-state index is 0.617. The number of benzene rings is 2. The van der Waals surface area contributed by atoms with Crippen LogP contribution >= 0.6 is 0 Å². The zero-order valence-corrected chi connectivity index (χ0v) is 10.8. The summed E-state index contributed by atoms with van der Waals surface area (Å²) in [5, 5.41) is 3.08. The molecule has 19 heavy (non-hydrogen) atoms. The fourth-order valence-electron chi connectivity index (χ4n) is 1.93. The standard InChI is InChI=1S/C15H14N2O2/c1-16-11-5-3-10(4-6-11)15-17-13-8-7-12(18-2)9-14(13)19-15/h3-9,16H,1-2H3. The van der Waals surface area contributed by atoms with E-state index in [0.717, 1.165) is 28.1 Å². The van der Waals surface area contributed by atoms with Gasteiger partial charge in [-0.3, -0.25) is 0 Å². The van der Waals surface area contributed by atoms with Crippen LogP contribution in [0.5, 0.6) is 5.75 Å². The van der Waals surface area contributed by atoms with Crippen LogP contribution in [0.1, 0.15) is 0 Å². The smallest absolute Gasteiger partial charge is 0.227 e. The average Bonchev–Trinajstić information content (AvgIpc) is 2.90. The van der Waals surface area contributed by atoms with Crippen LogP contribution in [0, 0.1) is 0 Å². The van der Waals surface area contributed by atoms with Gasteiger partial charge in [0.15, 0.2) is 5.58 Å². The average molecular weight is 254 g/mol. The summed E-state index contributed by atoms with van der Waals surface area (Å²) in [6, 6.07) is 13.5. The molecule has 0 unspecified atom stereocenters. The Kier molecular flexibility index (Phi) is 2.83. The van der Waals surface area contributed by atoms with Gasteiger partial charge in [-0.15, -0.1) is 0 Å². The number of methoxy groups -OCH3 is 1. The lowest BCUT2D eigenvalue weighted by Gasteiger charge is -1.99. The number of nitrogens with one attached hydrogen (secondary N) is 1. The number of hydrogen-bond donors (Lipinski definition) is 1. The number of rotatable bonds is 3. The summed E-state index contributed by atoms with van der Waals surface area (Å²) >= 11 is 0. The second kappa shape index (κ2) is 4.65. The molecule has 4 nitrogen and oxygen atoms in total.